The molecule has 1 aromatic rings. The van der Waals surface area contributed by atoms with E-state index in [0.717, 1.165) is 0 Å². The van der Waals surface area contributed by atoms with Crippen LogP contribution in [0.1, 0.15) is 37.3 Å². The lowest BCUT2D eigenvalue weighted by atomic mass is 10.0. The third-order valence-corrected chi connectivity index (χ3v) is 4.91. The molecule has 2 aliphatic heterocycles. The van der Waals surface area contributed by atoms with Crippen LogP contribution in [0.4, 0.5) is 0 Å². The molecule has 0 amide bonds. The zero-order valence-corrected chi connectivity index (χ0v) is 10.5. The van der Waals surface area contributed by atoms with Crippen molar-refractivity contribution in [1.82, 2.24) is 4.90 Å². The third kappa shape index (κ3) is 2.01. The van der Waals surface area contributed by atoms with Gasteiger partial charge in [-0.3, -0.25) is 4.90 Å². The summed E-state index contributed by atoms with van der Waals surface area (Å²) in [7, 11) is 0. The molecule has 16 heavy (non-hydrogen) atoms. The van der Waals surface area contributed by atoms with Crippen LogP contribution >= 0.6 is 11.8 Å². The highest BCUT2D eigenvalue weighted by atomic mass is 32.2. The van der Waals surface area contributed by atoms with Crippen LogP contribution in [0, 0.1) is 0 Å². The number of hydrogen-bond donors (Lipinski definition) is 0. The Morgan fingerprint density at radius 1 is 1.06 bits per heavy atom. The number of nitrogens with zero attached hydrogens (tertiary/aromatic N) is 1. The molecule has 2 aliphatic rings. The number of rotatable bonds is 1. The van der Waals surface area contributed by atoms with Crippen LogP contribution in [0.3, 0.4) is 0 Å². The number of thioether (sulfide) groups is 1. The maximum atomic E-state index is 2.70. The second-order valence-corrected chi connectivity index (χ2v) is 5.92. The molecule has 0 aromatic heterocycles. The fourth-order valence-electron chi connectivity index (χ4n) is 2.93. The summed E-state index contributed by atoms with van der Waals surface area (Å²) in [6, 6.07) is 9.73. The lowest BCUT2D eigenvalue weighted by Crippen LogP contribution is -2.25. The van der Waals surface area contributed by atoms with Gasteiger partial charge in [-0.2, -0.15) is 0 Å². The molecule has 0 saturated carbocycles. The van der Waals surface area contributed by atoms with Crippen molar-refractivity contribution in [3.8, 4) is 0 Å². The summed E-state index contributed by atoms with van der Waals surface area (Å²) in [4.78, 5) is 4.22. The SMILES string of the molecule is c1ccc2c(c1)SCCCC2N1CCCC1. The van der Waals surface area contributed by atoms with Gasteiger partial charge in [0.15, 0.2) is 0 Å². The summed E-state index contributed by atoms with van der Waals surface area (Å²) in [6.07, 6.45) is 5.50. The quantitative estimate of drug-likeness (QED) is 0.727. The Kier molecular flexibility index (Phi) is 3.20. The minimum atomic E-state index is 0.702. The predicted octanol–water partition coefficient (Wildman–Crippen LogP) is 3.71. The summed E-state index contributed by atoms with van der Waals surface area (Å²) in [5.41, 5.74) is 1.59. The van der Waals surface area contributed by atoms with Gasteiger partial charge in [-0.25, -0.2) is 0 Å². The Hall–Kier alpha value is -0.470. The van der Waals surface area contributed by atoms with Gasteiger partial charge < -0.3 is 0 Å². The van der Waals surface area contributed by atoms with E-state index in [4.69, 9.17) is 0 Å². The third-order valence-electron chi connectivity index (χ3n) is 3.74. The first-order chi connectivity index (χ1) is 7.95. The lowest BCUT2D eigenvalue weighted by molar-refractivity contribution is 0.231. The molecule has 2 heteroatoms. The lowest BCUT2D eigenvalue weighted by Gasteiger charge is -2.27. The van der Waals surface area contributed by atoms with Crippen molar-refractivity contribution in [2.75, 3.05) is 18.8 Å². The Labute approximate surface area is 102 Å². The minimum Gasteiger partial charge on any atom is -0.296 e. The van der Waals surface area contributed by atoms with E-state index in [0.29, 0.717) is 6.04 Å². The van der Waals surface area contributed by atoms with Gasteiger partial charge in [0, 0.05) is 10.9 Å². The van der Waals surface area contributed by atoms with Crippen LogP contribution in [-0.2, 0) is 0 Å². The molecule has 0 N–H and O–H groups in total. The fourth-order valence-corrected chi connectivity index (χ4v) is 4.01. The van der Waals surface area contributed by atoms with E-state index >= 15 is 0 Å². The monoisotopic (exact) mass is 233 g/mol. The van der Waals surface area contributed by atoms with Gasteiger partial charge in [-0.15, -0.1) is 11.8 Å². The summed E-state index contributed by atoms with van der Waals surface area (Å²) in [5.74, 6) is 1.29. The molecule has 0 bridgehead atoms. The molecule has 86 valence electrons. The van der Waals surface area contributed by atoms with E-state index < -0.39 is 0 Å². The van der Waals surface area contributed by atoms with Crippen LogP contribution in [-0.4, -0.2) is 23.7 Å². The molecule has 1 saturated heterocycles. The van der Waals surface area contributed by atoms with Crippen molar-refractivity contribution in [3.05, 3.63) is 29.8 Å². The van der Waals surface area contributed by atoms with Gasteiger partial charge in [0.2, 0.25) is 0 Å². The Bertz CT molecular complexity index is 358. The number of likely N-dealkylation sites (tertiary alicyclic amines) is 1. The van der Waals surface area contributed by atoms with E-state index in [1.807, 2.05) is 11.8 Å². The highest BCUT2D eigenvalue weighted by Gasteiger charge is 2.26. The molecule has 1 aromatic carbocycles. The molecule has 2 heterocycles. The molecule has 0 radical (unpaired) electrons. The highest BCUT2D eigenvalue weighted by molar-refractivity contribution is 7.99. The van der Waals surface area contributed by atoms with Crippen LogP contribution < -0.4 is 0 Å². The van der Waals surface area contributed by atoms with E-state index in [9.17, 15) is 0 Å². The van der Waals surface area contributed by atoms with Crippen molar-refractivity contribution in [2.24, 2.45) is 0 Å². The fraction of sp³-hybridized carbons (Fsp3) is 0.571. The second kappa shape index (κ2) is 4.80. The van der Waals surface area contributed by atoms with Gasteiger partial charge in [0.25, 0.3) is 0 Å². The largest absolute Gasteiger partial charge is 0.296 e. The van der Waals surface area contributed by atoms with Crippen molar-refractivity contribution in [3.63, 3.8) is 0 Å². The maximum absolute atomic E-state index is 2.70. The average molecular weight is 233 g/mol. The normalized spacial score (nSPS) is 26.4. The van der Waals surface area contributed by atoms with Gasteiger partial charge in [-0.1, -0.05) is 18.2 Å². The summed E-state index contributed by atoms with van der Waals surface area (Å²) < 4.78 is 0. The smallest absolute Gasteiger partial charge is 0.0359 e. The first kappa shape index (κ1) is 10.7. The Morgan fingerprint density at radius 3 is 2.75 bits per heavy atom. The molecular weight excluding hydrogens is 214 g/mol. The molecule has 3 rings (SSSR count). The van der Waals surface area contributed by atoms with Gasteiger partial charge in [0.1, 0.15) is 0 Å². The molecule has 0 aliphatic carbocycles. The number of hydrogen-bond acceptors (Lipinski definition) is 2. The first-order valence-electron chi connectivity index (χ1n) is 6.41. The second-order valence-electron chi connectivity index (χ2n) is 4.79. The van der Waals surface area contributed by atoms with Crippen molar-refractivity contribution < 1.29 is 0 Å². The van der Waals surface area contributed by atoms with Crippen LogP contribution in [0.25, 0.3) is 0 Å². The minimum absolute atomic E-state index is 0.702. The van der Waals surface area contributed by atoms with Gasteiger partial charge in [0.05, 0.1) is 0 Å². The van der Waals surface area contributed by atoms with Crippen LogP contribution in [0.15, 0.2) is 29.2 Å². The van der Waals surface area contributed by atoms with Crippen LogP contribution in [0.2, 0.25) is 0 Å². The van der Waals surface area contributed by atoms with Gasteiger partial charge >= 0.3 is 0 Å². The van der Waals surface area contributed by atoms with Crippen molar-refractivity contribution in [2.45, 2.75) is 36.6 Å². The standard InChI is InChI=1S/C14H19NS/c1-2-8-14-12(6-1)13(7-5-11-16-14)15-9-3-4-10-15/h1-2,6,8,13H,3-5,7,9-11H2. The van der Waals surface area contributed by atoms with Gasteiger partial charge in [-0.05, 0) is 56.2 Å². The van der Waals surface area contributed by atoms with E-state index in [1.54, 1.807) is 5.56 Å². The van der Waals surface area contributed by atoms with Crippen molar-refractivity contribution >= 4 is 11.8 Å². The summed E-state index contributed by atoms with van der Waals surface area (Å²) in [5, 5.41) is 0. The number of fused-ring (bicyclic) bond motifs is 1. The van der Waals surface area contributed by atoms with Crippen molar-refractivity contribution in [1.29, 1.82) is 0 Å². The van der Waals surface area contributed by atoms with E-state index in [1.165, 1.54) is 49.4 Å². The summed E-state index contributed by atoms with van der Waals surface area (Å²) >= 11 is 2.05. The van der Waals surface area contributed by atoms with E-state index in [2.05, 4.69) is 29.2 Å². The topological polar surface area (TPSA) is 3.24 Å². The zero-order valence-electron chi connectivity index (χ0n) is 9.69. The number of benzene rings is 1. The molecule has 1 nitrogen and oxygen atoms in total. The highest BCUT2D eigenvalue weighted by Crippen LogP contribution is 2.38. The molecule has 1 fully saturated rings. The molecule has 1 atom stereocenters. The molecular formula is C14H19NS. The Morgan fingerprint density at radius 2 is 1.88 bits per heavy atom. The summed E-state index contributed by atoms with van der Waals surface area (Å²) in [6.45, 7) is 2.62. The predicted molar refractivity (Wildman–Crippen MR) is 69.9 cm³/mol. The Balaban J connectivity index is 1.92. The van der Waals surface area contributed by atoms with E-state index in [-0.39, 0.29) is 0 Å². The maximum Gasteiger partial charge on any atom is 0.0359 e. The first-order valence-corrected chi connectivity index (χ1v) is 7.39. The van der Waals surface area contributed by atoms with Crippen LogP contribution in [0.5, 0.6) is 0 Å². The molecule has 0 spiro atoms. The molecule has 1 unspecified atom stereocenters. The average Bonchev–Trinajstić information content (AvgIpc) is 2.76. The zero-order chi connectivity index (χ0) is 10.8.